The number of likely N-dealkylation sites (tertiary alicyclic amines) is 1. The zero-order valence-electron chi connectivity index (χ0n) is 18.4. The number of ether oxygens (including phenoxy) is 1. The van der Waals surface area contributed by atoms with Gasteiger partial charge in [-0.2, -0.15) is 0 Å². The van der Waals surface area contributed by atoms with Gasteiger partial charge in [-0.05, 0) is 61.7 Å². The van der Waals surface area contributed by atoms with E-state index in [4.69, 9.17) is 27.9 Å². The number of halogens is 2. The smallest absolute Gasteiger partial charge is 0.238 e. The lowest BCUT2D eigenvalue weighted by Crippen LogP contribution is -2.43. The van der Waals surface area contributed by atoms with Crippen molar-refractivity contribution in [2.45, 2.75) is 32.2 Å². The minimum atomic E-state index is -0.221. The number of benzene rings is 2. The van der Waals surface area contributed by atoms with Crippen LogP contribution in [0.25, 0.3) is 0 Å². The predicted octanol–water partition coefficient (Wildman–Crippen LogP) is 5.02. The maximum atomic E-state index is 13.2. The van der Waals surface area contributed by atoms with Gasteiger partial charge in [-0.25, -0.2) is 0 Å². The summed E-state index contributed by atoms with van der Waals surface area (Å²) in [5, 5.41) is 3.69. The fraction of sp³-hybridized carbons (Fsp3) is 0.417. The number of nitrogens with one attached hydrogen (secondary N) is 1. The summed E-state index contributed by atoms with van der Waals surface area (Å²) in [4.78, 5) is 29.6. The van der Waals surface area contributed by atoms with Gasteiger partial charge in [-0.15, -0.1) is 0 Å². The molecule has 172 valence electrons. The zero-order chi connectivity index (χ0) is 23.1. The summed E-state index contributed by atoms with van der Waals surface area (Å²) in [6, 6.07) is 12.8. The lowest BCUT2D eigenvalue weighted by molar-refractivity contribution is -0.133. The second-order valence-corrected chi connectivity index (χ2v) is 8.75. The fourth-order valence-electron chi connectivity index (χ4n) is 4.06. The number of amides is 2. The van der Waals surface area contributed by atoms with E-state index in [1.54, 1.807) is 25.3 Å². The molecular formula is C24H29Cl2N3O3. The molecule has 1 N–H and O–H groups in total. The van der Waals surface area contributed by atoms with E-state index in [1.807, 2.05) is 41.0 Å². The summed E-state index contributed by atoms with van der Waals surface area (Å²) >= 11 is 12.1. The van der Waals surface area contributed by atoms with Crippen molar-refractivity contribution in [3.63, 3.8) is 0 Å². The van der Waals surface area contributed by atoms with Crippen LogP contribution in [0, 0.1) is 0 Å². The average Bonchev–Trinajstić information content (AvgIpc) is 3.26. The van der Waals surface area contributed by atoms with Crippen molar-refractivity contribution >= 4 is 40.7 Å². The molecule has 0 aliphatic carbocycles. The Morgan fingerprint density at radius 1 is 1.19 bits per heavy atom. The molecule has 0 saturated carbocycles. The third-order valence-electron chi connectivity index (χ3n) is 5.52. The van der Waals surface area contributed by atoms with Crippen LogP contribution in [0.4, 0.5) is 5.69 Å². The first-order valence-electron chi connectivity index (χ1n) is 10.8. The van der Waals surface area contributed by atoms with Crippen molar-refractivity contribution in [2.75, 3.05) is 38.6 Å². The second kappa shape index (κ2) is 11.5. The Kier molecular flexibility index (Phi) is 8.79. The molecule has 1 aliphatic heterocycles. The van der Waals surface area contributed by atoms with Crippen molar-refractivity contribution in [3.05, 3.63) is 58.1 Å². The number of methoxy groups -OCH3 is 1. The highest BCUT2D eigenvalue weighted by molar-refractivity contribution is 6.36. The van der Waals surface area contributed by atoms with Crippen LogP contribution in [-0.4, -0.2) is 54.9 Å². The van der Waals surface area contributed by atoms with Crippen LogP contribution >= 0.6 is 23.2 Å². The Bertz CT molecular complexity index is 954. The predicted molar refractivity (Wildman–Crippen MR) is 129 cm³/mol. The zero-order valence-corrected chi connectivity index (χ0v) is 20.0. The maximum absolute atomic E-state index is 13.2. The summed E-state index contributed by atoms with van der Waals surface area (Å²) in [5.74, 6) is 0.592. The topological polar surface area (TPSA) is 61.9 Å². The lowest BCUT2D eigenvalue weighted by atomic mass is 10.0. The Morgan fingerprint density at radius 2 is 2.00 bits per heavy atom. The molecule has 2 amide bonds. The van der Waals surface area contributed by atoms with Gasteiger partial charge in [-0.1, -0.05) is 42.3 Å². The van der Waals surface area contributed by atoms with Crippen LogP contribution in [0.2, 0.25) is 10.0 Å². The van der Waals surface area contributed by atoms with Gasteiger partial charge in [0.1, 0.15) is 5.75 Å². The number of carbonyl (C=O) groups excluding carboxylic acids is 2. The van der Waals surface area contributed by atoms with E-state index in [0.29, 0.717) is 28.8 Å². The number of nitrogens with zero attached hydrogens (tertiary/aromatic N) is 2. The normalized spacial score (nSPS) is 15.8. The van der Waals surface area contributed by atoms with Crippen LogP contribution in [-0.2, 0) is 9.59 Å². The molecule has 1 aliphatic rings. The molecular weight excluding hydrogens is 449 g/mol. The van der Waals surface area contributed by atoms with Gasteiger partial charge in [0.15, 0.2) is 0 Å². The second-order valence-electron chi connectivity index (χ2n) is 7.90. The molecule has 1 saturated heterocycles. The standard InChI is InChI=1S/C24H29Cl2N3O3/c1-3-11-28(15-23(30)27-21-10-9-18(25)14-20(21)26)16-24(31)29-12-5-8-22(29)17-6-4-7-19(13-17)32-2/h4,6-7,9-10,13-14,22H,3,5,8,11-12,15-16H2,1-2H3,(H,27,30). The summed E-state index contributed by atoms with van der Waals surface area (Å²) in [6.45, 7) is 3.69. The largest absolute Gasteiger partial charge is 0.497 e. The van der Waals surface area contributed by atoms with Crippen molar-refractivity contribution in [1.82, 2.24) is 9.80 Å². The molecule has 6 nitrogen and oxygen atoms in total. The molecule has 1 unspecified atom stereocenters. The van der Waals surface area contributed by atoms with Crippen LogP contribution < -0.4 is 10.1 Å². The molecule has 0 bridgehead atoms. The molecule has 3 rings (SSSR count). The Balaban J connectivity index is 1.64. The Morgan fingerprint density at radius 3 is 2.72 bits per heavy atom. The number of carbonyl (C=O) groups is 2. The van der Waals surface area contributed by atoms with Crippen molar-refractivity contribution < 1.29 is 14.3 Å². The average molecular weight is 478 g/mol. The molecule has 2 aromatic rings. The SMILES string of the molecule is CCCN(CC(=O)Nc1ccc(Cl)cc1Cl)CC(=O)N1CCCC1c1cccc(OC)c1. The first-order valence-corrected chi connectivity index (χ1v) is 11.6. The summed E-state index contributed by atoms with van der Waals surface area (Å²) in [6.07, 6.45) is 2.71. The van der Waals surface area contributed by atoms with E-state index >= 15 is 0 Å². The number of anilines is 1. The highest BCUT2D eigenvalue weighted by Gasteiger charge is 2.31. The Hall–Kier alpha value is -2.28. The van der Waals surface area contributed by atoms with Gasteiger partial charge in [0.05, 0.1) is 37.0 Å². The van der Waals surface area contributed by atoms with Crippen molar-refractivity contribution in [1.29, 1.82) is 0 Å². The van der Waals surface area contributed by atoms with Crippen LogP contribution in [0.1, 0.15) is 37.8 Å². The third kappa shape index (κ3) is 6.37. The van der Waals surface area contributed by atoms with Gasteiger partial charge in [0.25, 0.3) is 0 Å². The molecule has 32 heavy (non-hydrogen) atoms. The maximum Gasteiger partial charge on any atom is 0.238 e. The van der Waals surface area contributed by atoms with Gasteiger partial charge in [0, 0.05) is 11.6 Å². The lowest BCUT2D eigenvalue weighted by Gasteiger charge is -2.29. The number of rotatable bonds is 9. The molecule has 1 fully saturated rings. The minimum Gasteiger partial charge on any atom is -0.497 e. The molecule has 0 radical (unpaired) electrons. The molecule has 0 aromatic heterocycles. The van der Waals surface area contributed by atoms with E-state index in [9.17, 15) is 9.59 Å². The van der Waals surface area contributed by atoms with E-state index in [0.717, 1.165) is 30.6 Å². The summed E-state index contributed by atoms with van der Waals surface area (Å²) in [7, 11) is 1.64. The summed E-state index contributed by atoms with van der Waals surface area (Å²) in [5.41, 5.74) is 1.58. The number of hydrogen-bond donors (Lipinski definition) is 1. The van der Waals surface area contributed by atoms with E-state index in [1.165, 1.54) is 0 Å². The molecule has 1 atom stereocenters. The van der Waals surface area contributed by atoms with Gasteiger partial charge in [0.2, 0.25) is 11.8 Å². The van der Waals surface area contributed by atoms with Gasteiger partial charge in [-0.3, -0.25) is 14.5 Å². The number of hydrogen-bond acceptors (Lipinski definition) is 4. The van der Waals surface area contributed by atoms with Crippen molar-refractivity contribution in [2.24, 2.45) is 0 Å². The quantitative estimate of drug-likeness (QED) is 0.550. The molecule has 2 aromatic carbocycles. The first kappa shape index (κ1) is 24.4. The molecule has 8 heteroatoms. The Labute approximate surface area is 199 Å². The fourth-order valence-corrected chi connectivity index (χ4v) is 4.51. The monoisotopic (exact) mass is 477 g/mol. The van der Waals surface area contributed by atoms with E-state index < -0.39 is 0 Å². The third-order valence-corrected chi connectivity index (χ3v) is 6.07. The van der Waals surface area contributed by atoms with Crippen LogP contribution in [0.15, 0.2) is 42.5 Å². The van der Waals surface area contributed by atoms with E-state index in [-0.39, 0.29) is 30.9 Å². The van der Waals surface area contributed by atoms with Crippen LogP contribution in [0.3, 0.4) is 0 Å². The van der Waals surface area contributed by atoms with Gasteiger partial charge < -0.3 is 15.0 Å². The summed E-state index contributed by atoms with van der Waals surface area (Å²) < 4.78 is 5.34. The van der Waals surface area contributed by atoms with E-state index in [2.05, 4.69) is 5.32 Å². The highest BCUT2D eigenvalue weighted by atomic mass is 35.5. The van der Waals surface area contributed by atoms with Crippen LogP contribution in [0.5, 0.6) is 5.75 Å². The molecule has 0 spiro atoms. The van der Waals surface area contributed by atoms with Crippen molar-refractivity contribution in [3.8, 4) is 5.75 Å². The molecule has 1 heterocycles. The highest BCUT2D eigenvalue weighted by Crippen LogP contribution is 2.33. The van der Waals surface area contributed by atoms with Gasteiger partial charge >= 0.3 is 0 Å². The first-order chi connectivity index (χ1) is 15.4. The minimum absolute atomic E-state index is 0.0288.